The van der Waals surface area contributed by atoms with Gasteiger partial charge in [0.05, 0.1) is 10.2 Å². The van der Waals surface area contributed by atoms with E-state index in [2.05, 4.69) is 52.3 Å². The summed E-state index contributed by atoms with van der Waals surface area (Å²) in [5.41, 5.74) is 3.47. The van der Waals surface area contributed by atoms with Crippen molar-refractivity contribution in [3.63, 3.8) is 0 Å². The van der Waals surface area contributed by atoms with Gasteiger partial charge in [0.2, 0.25) is 0 Å². The lowest BCUT2D eigenvalue weighted by Gasteiger charge is -2.11. The molecule has 0 aliphatic heterocycles. The molecule has 0 saturated carbocycles. The fraction of sp³-hybridized carbons (Fsp3) is 0.235. The summed E-state index contributed by atoms with van der Waals surface area (Å²) in [7, 11) is 4.10. The van der Waals surface area contributed by atoms with Gasteiger partial charge in [-0.25, -0.2) is 4.98 Å². The van der Waals surface area contributed by atoms with Gasteiger partial charge in [-0.3, -0.25) is 0 Å². The Morgan fingerprint density at radius 1 is 0.900 bits per heavy atom. The van der Waals surface area contributed by atoms with E-state index in [1.807, 2.05) is 34.0 Å². The molecule has 0 spiro atoms. The number of anilines is 1. The summed E-state index contributed by atoms with van der Waals surface area (Å²) in [6, 6.07) is 16.8. The molecule has 0 unspecified atom stereocenters. The molecule has 20 heavy (non-hydrogen) atoms. The third-order valence-electron chi connectivity index (χ3n) is 2.92. The first-order chi connectivity index (χ1) is 9.74. The SMILES string of the molecule is CC.CN(C)c1ccc(-c2nc3ccccc3s2)cc1. The van der Waals surface area contributed by atoms with E-state index in [-0.39, 0.29) is 0 Å². The summed E-state index contributed by atoms with van der Waals surface area (Å²) in [5.74, 6) is 0. The highest BCUT2D eigenvalue weighted by Gasteiger charge is 2.05. The first-order valence-electron chi connectivity index (χ1n) is 6.87. The third-order valence-corrected chi connectivity index (χ3v) is 4.01. The molecule has 3 rings (SSSR count). The van der Waals surface area contributed by atoms with Crippen LogP contribution < -0.4 is 4.90 Å². The van der Waals surface area contributed by atoms with Crippen LogP contribution in [0.3, 0.4) is 0 Å². The molecule has 0 bridgehead atoms. The zero-order chi connectivity index (χ0) is 14.5. The quantitative estimate of drug-likeness (QED) is 0.654. The monoisotopic (exact) mass is 284 g/mol. The van der Waals surface area contributed by atoms with E-state index in [0.717, 1.165) is 10.5 Å². The Balaban J connectivity index is 0.000000704. The molecule has 0 fully saturated rings. The Hall–Kier alpha value is -1.87. The Labute approximate surface area is 124 Å². The molecule has 3 aromatic rings. The van der Waals surface area contributed by atoms with E-state index >= 15 is 0 Å². The van der Waals surface area contributed by atoms with Crippen LogP contribution in [0.15, 0.2) is 48.5 Å². The molecule has 2 aromatic carbocycles. The van der Waals surface area contributed by atoms with Crippen molar-refractivity contribution in [1.82, 2.24) is 4.98 Å². The number of para-hydroxylation sites is 1. The fourth-order valence-electron chi connectivity index (χ4n) is 1.90. The van der Waals surface area contributed by atoms with Crippen LogP contribution in [0.25, 0.3) is 20.8 Å². The summed E-state index contributed by atoms with van der Waals surface area (Å²) in [5, 5.41) is 1.08. The van der Waals surface area contributed by atoms with Gasteiger partial charge in [-0.15, -0.1) is 11.3 Å². The van der Waals surface area contributed by atoms with Gasteiger partial charge in [-0.1, -0.05) is 26.0 Å². The zero-order valence-electron chi connectivity index (χ0n) is 12.4. The average molecular weight is 284 g/mol. The van der Waals surface area contributed by atoms with Gasteiger partial charge in [0, 0.05) is 25.3 Å². The minimum atomic E-state index is 1.08. The highest BCUT2D eigenvalue weighted by Crippen LogP contribution is 2.30. The van der Waals surface area contributed by atoms with Crippen LogP contribution in [0, 0.1) is 0 Å². The molecule has 1 aromatic heterocycles. The summed E-state index contributed by atoms with van der Waals surface area (Å²) in [4.78, 5) is 6.76. The van der Waals surface area contributed by atoms with E-state index in [1.54, 1.807) is 11.3 Å². The first kappa shape index (κ1) is 14.5. The summed E-state index contributed by atoms with van der Waals surface area (Å²) in [6.07, 6.45) is 0. The standard InChI is InChI=1S/C15H14N2S.C2H6/c1-17(2)12-9-7-11(8-10-12)15-16-13-5-3-4-6-14(13)18-15;1-2/h3-10H,1-2H3;1-2H3. The van der Waals surface area contributed by atoms with Crippen LogP contribution in [0.4, 0.5) is 5.69 Å². The van der Waals surface area contributed by atoms with E-state index in [9.17, 15) is 0 Å². The number of aromatic nitrogens is 1. The second-order valence-electron chi connectivity index (χ2n) is 4.43. The average Bonchev–Trinajstić information content (AvgIpc) is 2.93. The van der Waals surface area contributed by atoms with Gasteiger partial charge in [0.15, 0.2) is 0 Å². The van der Waals surface area contributed by atoms with Gasteiger partial charge in [-0.05, 0) is 36.4 Å². The lowest BCUT2D eigenvalue weighted by atomic mass is 10.2. The third kappa shape index (κ3) is 2.99. The van der Waals surface area contributed by atoms with Gasteiger partial charge in [0.25, 0.3) is 0 Å². The fourth-order valence-corrected chi connectivity index (χ4v) is 2.87. The Bertz CT molecular complexity index is 636. The van der Waals surface area contributed by atoms with Crippen LogP contribution in [0.5, 0.6) is 0 Å². The molecule has 3 heteroatoms. The Kier molecular flexibility index (Phi) is 4.74. The molecule has 2 nitrogen and oxygen atoms in total. The Morgan fingerprint density at radius 2 is 1.55 bits per heavy atom. The molecule has 0 N–H and O–H groups in total. The molecule has 0 radical (unpaired) electrons. The van der Waals surface area contributed by atoms with Crippen LogP contribution >= 0.6 is 11.3 Å². The lowest BCUT2D eigenvalue weighted by Crippen LogP contribution is -2.07. The van der Waals surface area contributed by atoms with Crippen molar-refractivity contribution in [3.8, 4) is 10.6 Å². The number of rotatable bonds is 2. The van der Waals surface area contributed by atoms with Crippen molar-refractivity contribution in [3.05, 3.63) is 48.5 Å². The zero-order valence-corrected chi connectivity index (χ0v) is 13.2. The summed E-state index contributed by atoms with van der Waals surface area (Å²) in [6.45, 7) is 4.00. The van der Waals surface area contributed by atoms with Crippen LogP contribution in [0.2, 0.25) is 0 Å². The molecule has 0 aliphatic rings. The number of hydrogen-bond acceptors (Lipinski definition) is 3. The van der Waals surface area contributed by atoms with Gasteiger partial charge >= 0.3 is 0 Å². The van der Waals surface area contributed by atoms with Crippen LogP contribution in [-0.2, 0) is 0 Å². The predicted octanol–water partition coefficient (Wildman–Crippen LogP) is 5.06. The smallest absolute Gasteiger partial charge is 0.124 e. The molecule has 0 saturated heterocycles. The minimum absolute atomic E-state index is 1.08. The Morgan fingerprint density at radius 3 is 2.15 bits per heavy atom. The maximum absolute atomic E-state index is 4.66. The number of benzene rings is 2. The predicted molar refractivity (Wildman–Crippen MR) is 90.7 cm³/mol. The maximum Gasteiger partial charge on any atom is 0.124 e. The molecule has 104 valence electrons. The van der Waals surface area contributed by atoms with Gasteiger partial charge in [0.1, 0.15) is 5.01 Å². The number of fused-ring (bicyclic) bond motifs is 1. The molecule has 0 atom stereocenters. The molecule has 1 heterocycles. The van der Waals surface area contributed by atoms with Crippen molar-refractivity contribution in [2.45, 2.75) is 13.8 Å². The molecular formula is C17H20N2S. The topological polar surface area (TPSA) is 16.1 Å². The largest absolute Gasteiger partial charge is 0.378 e. The normalized spacial score (nSPS) is 10.0. The minimum Gasteiger partial charge on any atom is -0.378 e. The van der Waals surface area contributed by atoms with Crippen molar-refractivity contribution in [1.29, 1.82) is 0 Å². The van der Waals surface area contributed by atoms with Gasteiger partial charge in [-0.2, -0.15) is 0 Å². The van der Waals surface area contributed by atoms with E-state index in [4.69, 9.17) is 0 Å². The highest BCUT2D eigenvalue weighted by molar-refractivity contribution is 7.21. The summed E-state index contributed by atoms with van der Waals surface area (Å²) < 4.78 is 1.24. The van der Waals surface area contributed by atoms with Crippen LogP contribution in [-0.4, -0.2) is 19.1 Å². The van der Waals surface area contributed by atoms with E-state index in [1.165, 1.54) is 16.0 Å². The van der Waals surface area contributed by atoms with Crippen molar-refractivity contribution >= 4 is 27.2 Å². The first-order valence-corrected chi connectivity index (χ1v) is 7.69. The lowest BCUT2D eigenvalue weighted by molar-refractivity contribution is 1.13. The summed E-state index contributed by atoms with van der Waals surface area (Å²) >= 11 is 1.74. The van der Waals surface area contributed by atoms with Crippen molar-refractivity contribution in [2.24, 2.45) is 0 Å². The van der Waals surface area contributed by atoms with E-state index < -0.39 is 0 Å². The second-order valence-corrected chi connectivity index (χ2v) is 5.46. The van der Waals surface area contributed by atoms with Crippen molar-refractivity contribution in [2.75, 3.05) is 19.0 Å². The molecular weight excluding hydrogens is 264 g/mol. The van der Waals surface area contributed by atoms with Crippen molar-refractivity contribution < 1.29 is 0 Å². The highest BCUT2D eigenvalue weighted by atomic mass is 32.1. The second kappa shape index (κ2) is 6.53. The molecule has 0 aliphatic carbocycles. The number of hydrogen-bond donors (Lipinski definition) is 0. The number of nitrogens with zero attached hydrogens (tertiary/aromatic N) is 2. The van der Waals surface area contributed by atoms with Crippen LogP contribution in [0.1, 0.15) is 13.8 Å². The van der Waals surface area contributed by atoms with E-state index in [0.29, 0.717) is 0 Å². The molecule has 0 amide bonds. The number of thiazole rings is 1. The van der Waals surface area contributed by atoms with Gasteiger partial charge < -0.3 is 4.90 Å². The maximum atomic E-state index is 4.66.